The minimum atomic E-state index is -5.31. The maximum atomic E-state index is 14.9. The molecule has 1 spiro atoms. The van der Waals surface area contributed by atoms with Crippen molar-refractivity contribution in [2.45, 2.75) is 74.0 Å². The van der Waals surface area contributed by atoms with Crippen LogP contribution in [0.15, 0.2) is 24.3 Å². The number of fused-ring (bicyclic) bond motifs is 2. The van der Waals surface area contributed by atoms with Crippen LogP contribution in [0.4, 0.5) is 23.2 Å². The van der Waals surface area contributed by atoms with Gasteiger partial charge in [0.25, 0.3) is 12.5 Å². The van der Waals surface area contributed by atoms with Crippen molar-refractivity contribution in [3.63, 3.8) is 0 Å². The molecule has 202 valence electrons. The fourth-order valence-corrected chi connectivity index (χ4v) is 5.39. The number of likely N-dealkylation sites (tertiary alicyclic amines) is 1. The Morgan fingerprint density at radius 3 is 2.47 bits per heavy atom. The van der Waals surface area contributed by atoms with Crippen molar-refractivity contribution in [2.24, 2.45) is 5.92 Å². The molecule has 2 saturated carbocycles. The van der Waals surface area contributed by atoms with Crippen molar-refractivity contribution in [1.29, 1.82) is 0 Å². The van der Waals surface area contributed by atoms with E-state index in [1.165, 1.54) is 10.2 Å². The number of para-hydroxylation sites is 1. The summed E-state index contributed by atoms with van der Waals surface area (Å²) in [5.74, 6) is -4.55. The number of nitrogens with one attached hydrogen (secondary N) is 3. The molecule has 1 saturated heterocycles. The zero-order valence-electron chi connectivity index (χ0n) is 20.2. The number of hydrogen-bond donors (Lipinski definition) is 3. The van der Waals surface area contributed by atoms with Gasteiger partial charge in [0.1, 0.15) is 23.2 Å². The van der Waals surface area contributed by atoms with E-state index in [2.05, 4.69) is 15.5 Å². The molecule has 3 N–H and O–H groups in total. The number of nitrogens with zero attached hydrogens (tertiary/aromatic N) is 2. The number of rotatable bonds is 7. The topological polar surface area (TPSA) is 112 Å². The zero-order chi connectivity index (χ0) is 27.5. The summed E-state index contributed by atoms with van der Waals surface area (Å²) in [6, 6.07) is 3.67. The van der Waals surface area contributed by atoms with Crippen molar-refractivity contribution < 1.29 is 36.7 Å². The highest BCUT2D eigenvalue weighted by atomic mass is 19.4. The van der Waals surface area contributed by atoms with E-state index in [4.69, 9.17) is 6.57 Å². The van der Waals surface area contributed by atoms with Gasteiger partial charge in [0, 0.05) is 12.2 Å². The van der Waals surface area contributed by atoms with Crippen molar-refractivity contribution >= 4 is 29.3 Å². The van der Waals surface area contributed by atoms with Crippen LogP contribution in [0, 0.1) is 12.5 Å². The predicted molar refractivity (Wildman–Crippen MR) is 126 cm³/mol. The molecule has 1 aromatic rings. The summed E-state index contributed by atoms with van der Waals surface area (Å²) in [7, 11) is 0. The lowest BCUT2D eigenvalue weighted by Gasteiger charge is -2.28. The number of carbonyl (C=O) groups excluding carboxylic acids is 4. The Labute approximate surface area is 215 Å². The lowest BCUT2D eigenvalue weighted by molar-refractivity contribution is -0.175. The summed E-state index contributed by atoms with van der Waals surface area (Å²) in [4.78, 5) is 56.4. The summed E-state index contributed by atoms with van der Waals surface area (Å²) in [6.07, 6.45) is -4.81. The lowest BCUT2D eigenvalue weighted by Crippen LogP contribution is -2.59. The van der Waals surface area contributed by atoms with Crippen molar-refractivity contribution in [2.75, 3.05) is 11.9 Å². The second-order valence-electron chi connectivity index (χ2n) is 10.6. The Kier molecular flexibility index (Phi) is 6.11. The Morgan fingerprint density at radius 1 is 1.18 bits per heavy atom. The highest BCUT2D eigenvalue weighted by Crippen LogP contribution is 2.47. The highest BCUT2D eigenvalue weighted by molar-refractivity contribution is 6.07. The van der Waals surface area contributed by atoms with E-state index in [0.717, 1.165) is 12.8 Å². The first-order chi connectivity index (χ1) is 17.9. The molecule has 4 atom stereocenters. The van der Waals surface area contributed by atoms with Crippen molar-refractivity contribution in [3.05, 3.63) is 34.7 Å². The molecule has 3 fully saturated rings. The highest BCUT2D eigenvalue weighted by Gasteiger charge is 2.61. The van der Waals surface area contributed by atoms with Gasteiger partial charge in [-0.2, -0.15) is 13.2 Å². The maximum absolute atomic E-state index is 14.9. The van der Waals surface area contributed by atoms with Crippen molar-refractivity contribution in [3.8, 4) is 6.57 Å². The molecule has 9 nitrogen and oxygen atoms in total. The average Bonchev–Trinajstić information content (AvgIpc) is 3.78. The van der Waals surface area contributed by atoms with Gasteiger partial charge in [0.15, 0.2) is 0 Å². The first kappa shape index (κ1) is 25.9. The molecule has 0 aromatic heterocycles. The Morgan fingerprint density at radius 2 is 1.87 bits per heavy atom. The van der Waals surface area contributed by atoms with Crippen LogP contribution in [-0.4, -0.2) is 65.2 Å². The third-order valence-corrected chi connectivity index (χ3v) is 7.83. The molecule has 0 bridgehead atoms. The quantitative estimate of drug-likeness (QED) is 0.464. The van der Waals surface area contributed by atoms with Crippen LogP contribution in [0.3, 0.4) is 0 Å². The second-order valence-corrected chi connectivity index (χ2v) is 10.6. The van der Waals surface area contributed by atoms with Gasteiger partial charge in [0.05, 0.1) is 6.42 Å². The normalized spacial score (nSPS) is 26.7. The molecular formula is C25H26F4N5O4+. The third-order valence-electron chi connectivity index (χ3n) is 7.83. The Bertz CT molecular complexity index is 1240. The molecule has 0 unspecified atom stereocenters. The summed E-state index contributed by atoms with van der Waals surface area (Å²) >= 11 is 0. The number of halogens is 4. The van der Waals surface area contributed by atoms with Crippen LogP contribution < -0.4 is 16.0 Å². The van der Waals surface area contributed by atoms with E-state index < -0.39 is 53.2 Å². The van der Waals surface area contributed by atoms with E-state index in [1.54, 1.807) is 24.3 Å². The molecule has 4 amide bonds. The average molecular weight is 537 g/mol. The Hall–Kier alpha value is -3.69. The van der Waals surface area contributed by atoms with Crippen LogP contribution in [0.1, 0.15) is 44.1 Å². The molecule has 5 rings (SSSR count). The Balaban J connectivity index is 1.38. The minimum absolute atomic E-state index is 0.0769. The zero-order valence-corrected chi connectivity index (χ0v) is 20.2. The first-order valence-corrected chi connectivity index (χ1v) is 12.4. The number of alkyl halides is 4. The molecule has 2 aliphatic heterocycles. The van der Waals surface area contributed by atoms with Crippen molar-refractivity contribution in [1.82, 2.24) is 15.5 Å². The molecule has 13 heteroatoms. The summed E-state index contributed by atoms with van der Waals surface area (Å²) in [5.41, 5.74) is -2.17. The number of hydrogen-bond acceptors (Lipinski definition) is 4. The van der Waals surface area contributed by atoms with Crippen LogP contribution >= 0.6 is 0 Å². The fraction of sp³-hybridized carbons (Fsp3) is 0.560. The van der Waals surface area contributed by atoms with E-state index in [1.807, 2.05) is 0 Å². The van der Waals surface area contributed by atoms with Gasteiger partial charge in [-0.05, 0) is 36.8 Å². The summed E-state index contributed by atoms with van der Waals surface area (Å²) in [5, 5.41) is 6.64. The maximum Gasteiger partial charge on any atom is 0.471 e. The number of benzene rings is 1. The molecule has 0 radical (unpaired) electrons. The molecule has 38 heavy (non-hydrogen) atoms. The van der Waals surface area contributed by atoms with Gasteiger partial charge >= 0.3 is 18.2 Å². The summed E-state index contributed by atoms with van der Waals surface area (Å²) in [6.45, 7) is 5.53. The molecule has 1 aromatic carbocycles. The van der Waals surface area contributed by atoms with Crippen LogP contribution in [0.2, 0.25) is 0 Å². The van der Waals surface area contributed by atoms with E-state index in [-0.39, 0.29) is 44.1 Å². The van der Waals surface area contributed by atoms with Crippen LogP contribution in [0.25, 0.3) is 4.85 Å². The predicted octanol–water partition coefficient (Wildman–Crippen LogP) is 2.23. The monoisotopic (exact) mass is 536 g/mol. The van der Waals surface area contributed by atoms with Gasteiger partial charge in [-0.25, -0.2) is 4.39 Å². The molecule has 2 heterocycles. The lowest BCUT2D eigenvalue weighted by atomic mass is 9.80. The van der Waals surface area contributed by atoms with Gasteiger partial charge in [0.2, 0.25) is 11.8 Å². The van der Waals surface area contributed by atoms with Gasteiger partial charge in [-0.3, -0.25) is 24.1 Å². The summed E-state index contributed by atoms with van der Waals surface area (Å²) < 4.78 is 53.4. The fourth-order valence-electron chi connectivity index (χ4n) is 5.39. The van der Waals surface area contributed by atoms with Crippen LogP contribution in [0.5, 0.6) is 0 Å². The second kappa shape index (κ2) is 8.96. The van der Waals surface area contributed by atoms with E-state index >= 15 is 0 Å². The molecule has 4 aliphatic rings. The SMILES string of the molecule is C#[N+][C@@H]1C[C@@]2(CN1C(=O)[C@H](CC1CC1)NC(=O)[C@@H](NC(=O)C(F)(F)F)C1(F)CC1)C(=O)Nc1ccccc12. The number of anilines is 1. The van der Waals surface area contributed by atoms with E-state index in [0.29, 0.717) is 11.3 Å². The largest absolute Gasteiger partial charge is 0.471 e. The number of carbonyl (C=O) groups is 4. The minimum Gasteiger partial charge on any atom is -0.342 e. The van der Waals surface area contributed by atoms with Gasteiger partial charge in [-0.15, -0.1) is 0 Å². The third kappa shape index (κ3) is 4.56. The smallest absolute Gasteiger partial charge is 0.342 e. The van der Waals surface area contributed by atoms with Gasteiger partial charge < -0.3 is 16.0 Å². The molecule has 2 aliphatic carbocycles. The van der Waals surface area contributed by atoms with Crippen LogP contribution in [-0.2, 0) is 24.6 Å². The van der Waals surface area contributed by atoms with E-state index in [9.17, 15) is 36.7 Å². The van der Waals surface area contributed by atoms with Gasteiger partial charge in [-0.1, -0.05) is 35.9 Å². The first-order valence-electron chi connectivity index (χ1n) is 12.4. The number of amides is 4. The molecular weight excluding hydrogens is 510 g/mol. The standard InChI is InChI=1S/C25H25F4N5O4/c1-30-17-11-23(14-4-2-3-5-15(14)32-21(23)37)12-34(17)20(36)16(10-13-6-7-13)31-19(35)18(24(26)8-9-24)33-22(38)25(27,28)29/h1-5,13,16-18H,6-12H2,(H2-,31,32,33,35,37,38)/p+1/t16-,17-,18+,23-/m0/s1.